The summed E-state index contributed by atoms with van der Waals surface area (Å²) in [7, 11) is 0. The van der Waals surface area contributed by atoms with Gasteiger partial charge < -0.3 is 5.32 Å². The van der Waals surface area contributed by atoms with Crippen molar-refractivity contribution in [2.45, 2.75) is 56.7 Å². The maximum absolute atomic E-state index is 4.77. The Bertz CT molecular complexity index is 1690. The molecule has 5 nitrogen and oxygen atoms in total. The largest absolute Gasteiger partial charge is 0.310 e. The Morgan fingerprint density at radius 1 is 0.578 bits per heavy atom. The van der Waals surface area contributed by atoms with Gasteiger partial charge in [-0.2, -0.15) is 0 Å². The minimum absolute atomic E-state index is 0.630. The van der Waals surface area contributed by atoms with Crippen molar-refractivity contribution in [1.82, 2.24) is 25.5 Å². The van der Waals surface area contributed by atoms with Crippen LogP contribution in [0.2, 0.25) is 0 Å². The van der Waals surface area contributed by atoms with Crippen molar-refractivity contribution in [3.05, 3.63) is 162 Å². The predicted octanol–water partition coefficient (Wildman–Crippen LogP) is 8.66. The first-order valence-electron chi connectivity index (χ1n) is 16.2. The summed E-state index contributed by atoms with van der Waals surface area (Å²) >= 11 is 0. The van der Waals surface area contributed by atoms with Crippen molar-refractivity contribution in [2.75, 3.05) is 0 Å². The lowest BCUT2D eigenvalue weighted by Crippen LogP contribution is -2.39. The minimum Gasteiger partial charge on any atom is -0.310 e. The van der Waals surface area contributed by atoms with Gasteiger partial charge in [0.25, 0.3) is 0 Å². The normalized spacial score (nSPS) is 14.2. The number of hydrogen-bond donors (Lipinski definition) is 1. The molecule has 5 aromatic carbocycles. The van der Waals surface area contributed by atoms with E-state index >= 15 is 0 Å². The molecule has 0 saturated heterocycles. The first kappa shape index (κ1) is 28.9. The van der Waals surface area contributed by atoms with Crippen LogP contribution in [0, 0.1) is 0 Å². The second-order valence-electron chi connectivity index (χ2n) is 12.0. The van der Waals surface area contributed by atoms with Crippen LogP contribution in [0.15, 0.2) is 140 Å². The molecule has 224 valence electrons. The van der Waals surface area contributed by atoms with Gasteiger partial charge in [0.1, 0.15) is 5.54 Å². The van der Waals surface area contributed by atoms with E-state index in [1.165, 1.54) is 44.1 Å². The lowest BCUT2D eigenvalue weighted by Gasteiger charge is -2.36. The Balaban J connectivity index is 1.31. The van der Waals surface area contributed by atoms with E-state index in [1.807, 2.05) is 4.68 Å². The fraction of sp³-hybridized carbons (Fsp3) is 0.225. The average Bonchev–Trinajstić information content (AvgIpc) is 3.45. The third-order valence-electron chi connectivity index (χ3n) is 9.24. The van der Waals surface area contributed by atoms with Gasteiger partial charge in [-0.15, -0.1) is 5.10 Å². The Kier molecular flexibility index (Phi) is 8.61. The van der Waals surface area contributed by atoms with Crippen LogP contribution in [0.4, 0.5) is 0 Å². The van der Waals surface area contributed by atoms with Crippen molar-refractivity contribution in [3.8, 4) is 22.5 Å². The molecule has 1 fully saturated rings. The highest BCUT2D eigenvalue weighted by Crippen LogP contribution is 2.43. The SMILES string of the molecule is c1ccc(C(c2ccccc2)(c2ccccc2)n2nnnc2-c2ccccc2-c2ccc(CNC3CCCCCC3)cc2)cc1. The first-order valence-corrected chi connectivity index (χ1v) is 16.2. The molecule has 1 N–H and O–H groups in total. The highest BCUT2D eigenvalue weighted by Gasteiger charge is 2.42. The molecule has 0 radical (unpaired) electrons. The molecule has 1 saturated carbocycles. The fourth-order valence-electron chi connectivity index (χ4n) is 6.96. The molecule has 7 rings (SSSR count). The molecule has 1 aromatic heterocycles. The molecule has 0 amide bonds. The first-order chi connectivity index (χ1) is 22.3. The average molecular weight is 590 g/mol. The van der Waals surface area contributed by atoms with Crippen molar-refractivity contribution < 1.29 is 0 Å². The predicted molar refractivity (Wildman–Crippen MR) is 182 cm³/mol. The summed E-state index contributed by atoms with van der Waals surface area (Å²) in [4.78, 5) is 0. The molecule has 1 heterocycles. The number of aromatic nitrogens is 4. The molecule has 1 aliphatic rings. The zero-order valence-corrected chi connectivity index (χ0v) is 25.6. The summed E-state index contributed by atoms with van der Waals surface area (Å²) in [6.07, 6.45) is 8.00. The van der Waals surface area contributed by atoms with E-state index in [1.54, 1.807) is 0 Å². The maximum Gasteiger partial charge on any atom is 0.184 e. The van der Waals surface area contributed by atoms with Crippen molar-refractivity contribution in [1.29, 1.82) is 0 Å². The van der Waals surface area contributed by atoms with Crippen molar-refractivity contribution in [2.24, 2.45) is 0 Å². The summed E-state index contributed by atoms with van der Waals surface area (Å²) in [5, 5.41) is 17.6. The molecule has 6 aromatic rings. The molecule has 0 aliphatic heterocycles. The van der Waals surface area contributed by atoms with Crippen LogP contribution >= 0.6 is 0 Å². The quantitative estimate of drug-likeness (QED) is 0.135. The van der Waals surface area contributed by atoms with Crippen LogP contribution in [-0.2, 0) is 12.1 Å². The number of hydrogen-bond acceptors (Lipinski definition) is 4. The van der Waals surface area contributed by atoms with Gasteiger partial charge in [-0.05, 0) is 56.6 Å². The summed E-state index contributed by atoms with van der Waals surface area (Å²) < 4.78 is 2.01. The highest BCUT2D eigenvalue weighted by atomic mass is 15.6. The minimum atomic E-state index is -0.802. The van der Waals surface area contributed by atoms with Crippen molar-refractivity contribution >= 4 is 0 Å². The Morgan fingerprint density at radius 2 is 1.09 bits per heavy atom. The summed E-state index contributed by atoms with van der Waals surface area (Å²) in [5.74, 6) is 0.710. The number of rotatable bonds is 9. The second kappa shape index (κ2) is 13.4. The third-order valence-corrected chi connectivity index (χ3v) is 9.24. The zero-order chi connectivity index (χ0) is 30.3. The summed E-state index contributed by atoms with van der Waals surface area (Å²) in [6, 6.07) is 49.7. The van der Waals surface area contributed by atoms with Gasteiger partial charge >= 0.3 is 0 Å². The van der Waals surface area contributed by atoms with Gasteiger partial charge in [0, 0.05) is 18.2 Å². The van der Waals surface area contributed by atoms with Crippen molar-refractivity contribution in [3.63, 3.8) is 0 Å². The summed E-state index contributed by atoms with van der Waals surface area (Å²) in [6.45, 7) is 0.901. The molecule has 0 bridgehead atoms. The third kappa shape index (κ3) is 5.84. The molecule has 0 unspecified atom stereocenters. The van der Waals surface area contributed by atoms with E-state index < -0.39 is 5.54 Å². The number of nitrogens with one attached hydrogen (secondary N) is 1. The van der Waals surface area contributed by atoms with E-state index in [0.29, 0.717) is 11.9 Å². The maximum atomic E-state index is 4.77. The van der Waals surface area contributed by atoms with E-state index in [0.717, 1.165) is 39.9 Å². The Labute approximate surface area is 266 Å². The van der Waals surface area contributed by atoms with Crippen LogP contribution < -0.4 is 5.32 Å². The standard InChI is InChI=1S/C40H39N5/c1-2-13-23-36(22-12-1)41-30-31-26-28-32(29-27-31)37-24-14-15-25-38(37)39-42-43-44-45(39)40(33-16-6-3-7-17-33,34-18-8-4-9-19-34)35-20-10-5-11-21-35/h3-11,14-21,24-29,36,41H,1-2,12-13,22-23,30H2. The van der Waals surface area contributed by atoms with Crippen LogP contribution in [-0.4, -0.2) is 26.2 Å². The van der Waals surface area contributed by atoms with Gasteiger partial charge in [0.2, 0.25) is 0 Å². The highest BCUT2D eigenvalue weighted by molar-refractivity contribution is 5.81. The lowest BCUT2D eigenvalue weighted by atomic mass is 9.77. The van der Waals surface area contributed by atoms with E-state index in [2.05, 4.69) is 150 Å². The number of nitrogens with zero attached hydrogens (tertiary/aromatic N) is 4. The lowest BCUT2D eigenvalue weighted by molar-refractivity contribution is 0.451. The zero-order valence-electron chi connectivity index (χ0n) is 25.6. The summed E-state index contributed by atoms with van der Waals surface area (Å²) in [5.41, 5.74) is 6.98. The molecular weight excluding hydrogens is 550 g/mol. The molecule has 0 spiro atoms. The van der Waals surface area contributed by atoms with Gasteiger partial charge in [0.15, 0.2) is 5.82 Å². The van der Waals surface area contributed by atoms with Crippen LogP contribution in [0.3, 0.4) is 0 Å². The van der Waals surface area contributed by atoms with Gasteiger partial charge in [-0.1, -0.05) is 165 Å². The van der Waals surface area contributed by atoms with Crippen LogP contribution in [0.5, 0.6) is 0 Å². The van der Waals surface area contributed by atoms with Gasteiger partial charge in [0.05, 0.1) is 0 Å². The van der Waals surface area contributed by atoms with Gasteiger partial charge in [-0.3, -0.25) is 0 Å². The van der Waals surface area contributed by atoms with Gasteiger partial charge in [-0.25, -0.2) is 4.68 Å². The topological polar surface area (TPSA) is 55.6 Å². The van der Waals surface area contributed by atoms with E-state index in [9.17, 15) is 0 Å². The van der Waals surface area contributed by atoms with E-state index in [4.69, 9.17) is 10.3 Å². The fourth-order valence-corrected chi connectivity index (χ4v) is 6.96. The molecule has 5 heteroatoms. The molecular formula is C40H39N5. The monoisotopic (exact) mass is 589 g/mol. The number of benzene rings is 5. The molecule has 45 heavy (non-hydrogen) atoms. The van der Waals surface area contributed by atoms with E-state index in [-0.39, 0.29) is 0 Å². The molecule has 1 aliphatic carbocycles. The van der Waals surface area contributed by atoms with Crippen LogP contribution in [0.1, 0.15) is 60.8 Å². The smallest absolute Gasteiger partial charge is 0.184 e. The Morgan fingerprint density at radius 3 is 1.64 bits per heavy atom. The molecule has 0 atom stereocenters. The van der Waals surface area contributed by atoms with Crippen LogP contribution in [0.25, 0.3) is 22.5 Å². The second-order valence-corrected chi connectivity index (χ2v) is 12.0. The Hall–Kier alpha value is -4.87. The number of tetrazole rings is 1.